The first-order chi connectivity index (χ1) is 6.80. The fourth-order valence-corrected chi connectivity index (χ4v) is 1.34. The van der Waals surface area contributed by atoms with Crippen LogP contribution in [0.4, 0.5) is 12.9 Å². The zero-order valence-electron chi connectivity index (χ0n) is 9.93. The maximum atomic E-state index is 10.5. The number of nitrogens with zero attached hydrogens (tertiary/aromatic N) is 2. The minimum Gasteiger partial charge on any atom is -0.436 e. The van der Waals surface area contributed by atoms with E-state index in [0.29, 0.717) is 0 Å². The number of rotatable bonds is 4. The van der Waals surface area contributed by atoms with Crippen molar-refractivity contribution in [2.45, 2.75) is 27.7 Å². The lowest BCUT2D eigenvalue weighted by atomic mass is 9.97. The van der Waals surface area contributed by atoms with Gasteiger partial charge in [0.1, 0.15) is 0 Å². The van der Waals surface area contributed by atoms with E-state index in [2.05, 4.69) is 27.7 Å². The number of hydrogen-bond acceptors (Lipinski definition) is 1. The van der Waals surface area contributed by atoms with Crippen LogP contribution >= 0.6 is 0 Å². The second-order valence-corrected chi connectivity index (χ2v) is 3.31. The Labute approximate surface area is 90.3 Å². The molecular formula is C9H20BF3N2. The fourth-order valence-electron chi connectivity index (χ4n) is 1.34. The minimum absolute atomic E-state index is 0.167. The van der Waals surface area contributed by atoms with Gasteiger partial charge >= 0.3 is 6.98 Å². The Morgan fingerprint density at radius 2 is 1.13 bits per heavy atom. The van der Waals surface area contributed by atoms with Crippen LogP contribution in [-0.2, 0) is 0 Å². The summed E-state index contributed by atoms with van der Waals surface area (Å²) in [6.45, 7) is 9.04. The van der Waals surface area contributed by atoms with Gasteiger partial charge in [-0.2, -0.15) is 0 Å². The molecule has 0 N–H and O–H groups in total. The topological polar surface area (TPSA) is 23.8 Å². The van der Waals surface area contributed by atoms with Crippen molar-refractivity contribution in [2.24, 2.45) is 0 Å². The molecule has 90 valence electrons. The molecule has 0 aliphatic heterocycles. The summed E-state index contributed by atoms with van der Waals surface area (Å²) in [5, 5.41) is 7.06. The van der Waals surface area contributed by atoms with Crippen LogP contribution in [0, 0.1) is 11.2 Å². The molecule has 6 heteroatoms. The van der Waals surface area contributed by atoms with Crippen LogP contribution in [0.25, 0.3) is 0 Å². The van der Waals surface area contributed by atoms with Crippen LogP contribution in [0.5, 0.6) is 0 Å². The maximum Gasteiger partial charge on any atom is 0.584 e. The average molecular weight is 224 g/mol. The Balaban J connectivity index is 0. The van der Waals surface area contributed by atoms with E-state index in [1.807, 2.05) is 0 Å². The van der Waals surface area contributed by atoms with Crippen molar-refractivity contribution in [3.63, 3.8) is 0 Å². The normalized spacial score (nSPS) is 11.3. The van der Waals surface area contributed by atoms with Gasteiger partial charge in [-0.15, -0.1) is 0 Å². The highest BCUT2D eigenvalue weighted by Crippen LogP contribution is 2.03. The first kappa shape index (κ1) is 16.7. The fraction of sp³-hybridized carbons (Fsp3) is 0.889. The van der Waals surface area contributed by atoms with Gasteiger partial charge in [-0.05, 0) is 33.7 Å². The Morgan fingerprint density at radius 1 is 0.933 bits per heavy atom. The van der Waals surface area contributed by atoms with E-state index in [-0.39, 0.29) is 5.97 Å². The summed E-state index contributed by atoms with van der Waals surface area (Å²) in [4.78, 5) is 0. The van der Waals surface area contributed by atoms with E-state index in [4.69, 9.17) is 5.26 Å². The van der Waals surface area contributed by atoms with E-state index < -0.39 is 6.98 Å². The summed E-state index contributed by atoms with van der Waals surface area (Å²) < 4.78 is 32.7. The molecule has 0 radical (unpaired) electrons. The molecule has 0 saturated carbocycles. The molecule has 0 aliphatic rings. The van der Waals surface area contributed by atoms with Gasteiger partial charge < -0.3 is 17.4 Å². The number of quaternary nitrogens is 1. The van der Waals surface area contributed by atoms with Gasteiger partial charge in [-0.25, -0.2) is 5.26 Å². The van der Waals surface area contributed by atoms with Gasteiger partial charge in [0.15, 0.2) is 0 Å². The number of nitriles is 1. The number of halogens is 3. The molecule has 0 rings (SSSR count). The van der Waals surface area contributed by atoms with Crippen molar-refractivity contribution < 1.29 is 17.4 Å². The molecule has 0 aromatic heterocycles. The van der Waals surface area contributed by atoms with E-state index in [9.17, 15) is 12.9 Å². The van der Waals surface area contributed by atoms with E-state index in [1.165, 1.54) is 30.7 Å². The van der Waals surface area contributed by atoms with Gasteiger partial charge in [-0.1, -0.05) is 0 Å². The monoisotopic (exact) mass is 224 g/mol. The van der Waals surface area contributed by atoms with Crippen molar-refractivity contribution in [2.75, 3.05) is 26.2 Å². The summed E-state index contributed by atoms with van der Waals surface area (Å²) in [7, 11) is 0. The van der Waals surface area contributed by atoms with E-state index in [0.717, 1.165) is 0 Å². The third-order valence-corrected chi connectivity index (χ3v) is 2.83. The van der Waals surface area contributed by atoms with Gasteiger partial charge in [-0.3, -0.25) is 0 Å². The molecule has 15 heavy (non-hydrogen) atoms. The highest BCUT2D eigenvalue weighted by Gasteiger charge is 2.20. The van der Waals surface area contributed by atoms with Gasteiger partial charge in [0.2, 0.25) is 0 Å². The zero-order valence-corrected chi connectivity index (χ0v) is 9.93. The van der Waals surface area contributed by atoms with Crippen LogP contribution in [-0.4, -0.2) is 37.6 Å². The maximum absolute atomic E-state index is 10.5. The molecule has 2 nitrogen and oxygen atoms in total. The minimum atomic E-state index is -5.18. The first-order valence-electron chi connectivity index (χ1n) is 5.26. The molecule has 0 heterocycles. The van der Waals surface area contributed by atoms with Crippen molar-refractivity contribution in [3.05, 3.63) is 0 Å². The standard InChI is InChI=1S/C8H20N.CBF3N/c1-5-9(6-2,7-3)8-4;3-2(4,5)1-6/h5-8H2,1-4H3;/q+1;-1. The zero-order chi connectivity index (χ0) is 12.5. The Kier molecular flexibility index (Phi) is 8.45. The lowest BCUT2D eigenvalue weighted by Gasteiger charge is -2.34. The molecule has 0 spiro atoms. The second kappa shape index (κ2) is 7.58. The predicted molar refractivity (Wildman–Crippen MR) is 57.1 cm³/mol. The van der Waals surface area contributed by atoms with Gasteiger partial charge in [0.25, 0.3) is 0 Å². The predicted octanol–water partition coefficient (Wildman–Crippen LogP) is 2.78. The molecule has 0 aromatic rings. The van der Waals surface area contributed by atoms with Crippen molar-refractivity contribution in [1.82, 2.24) is 0 Å². The van der Waals surface area contributed by atoms with Crippen LogP contribution in [0.3, 0.4) is 0 Å². The van der Waals surface area contributed by atoms with Crippen LogP contribution in [0.15, 0.2) is 0 Å². The lowest BCUT2D eigenvalue weighted by molar-refractivity contribution is -0.921. The molecule has 0 aliphatic carbocycles. The molecule has 0 amide bonds. The lowest BCUT2D eigenvalue weighted by Crippen LogP contribution is -2.47. The van der Waals surface area contributed by atoms with Crippen LogP contribution in [0.1, 0.15) is 27.7 Å². The van der Waals surface area contributed by atoms with Crippen molar-refractivity contribution >= 4 is 6.98 Å². The molecule has 0 aromatic carbocycles. The summed E-state index contributed by atoms with van der Waals surface area (Å²) in [6, 6.07) is 0. The number of hydrogen-bond donors (Lipinski definition) is 0. The summed E-state index contributed by atoms with van der Waals surface area (Å²) >= 11 is 0. The third kappa shape index (κ3) is 8.31. The van der Waals surface area contributed by atoms with Gasteiger partial charge in [0.05, 0.1) is 26.2 Å². The van der Waals surface area contributed by atoms with Crippen LogP contribution in [0.2, 0.25) is 0 Å². The highest BCUT2D eigenvalue weighted by molar-refractivity contribution is 6.66. The SMILES string of the molecule is CC[N+](CC)(CC)CC.N#C[B-](F)(F)F. The van der Waals surface area contributed by atoms with Crippen molar-refractivity contribution in [3.8, 4) is 5.97 Å². The van der Waals surface area contributed by atoms with E-state index in [1.54, 1.807) is 0 Å². The Hall–Kier alpha value is -0.695. The summed E-state index contributed by atoms with van der Waals surface area (Å²) in [5.74, 6) is 0.167. The summed E-state index contributed by atoms with van der Waals surface area (Å²) in [5.41, 5.74) is 0. The molecule has 0 saturated heterocycles. The van der Waals surface area contributed by atoms with Crippen molar-refractivity contribution in [1.29, 1.82) is 5.26 Å². The quantitative estimate of drug-likeness (QED) is 0.532. The molecule has 0 atom stereocenters. The first-order valence-corrected chi connectivity index (χ1v) is 5.26. The van der Waals surface area contributed by atoms with E-state index >= 15 is 0 Å². The average Bonchev–Trinajstić information content (AvgIpc) is 2.22. The molecule has 0 fully saturated rings. The smallest absolute Gasteiger partial charge is 0.436 e. The third-order valence-electron chi connectivity index (χ3n) is 2.83. The van der Waals surface area contributed by atoms with Gasteiger partial charge in [0, 0.05) is 0 Å². The highest BCUT2D eigenvalue weighted by atomic mass is 19.4. The largest absolute Gasteiger partial charge is 0.584 e. The Bertz CT molecular complexity index is 177. The second-order valence-electron chi connectivity index (χ2n) is 3.31. The summed E-state index contributed by atoms with van der Waals surface area (Å²) in [6.07, 6.45) is 0. The molecular weight excluding hydrogens is 204 g/mol. The molecule has 0 bridgehead atoms. The Morgan fingerprint density at radius 3 is 1.13 bits per heavy atom. The van der Waals surface area contributed by atoms with Crippen LogP contribution < -0.4 is 0 Å². The molecule has 0 unspecified atom stereocenters.